The summed E-state index contributed by atoms with van der Waals surface area (Å²) in [4.78, 5) is 20.5. The molecule has 0 aromatic heterocycles. The third-order valence-corrected chi connectivity index (χ3v) is 3.40. The molecular weight excluding hydrogens is 321 g/mol. The number of carboxylic acid groups (broad SMARTS) is 1. The maximum atomic E-state index is 11.4. The van der Waals surface area contributed by atoms with Gasteiger partial charge in [0.25, 0.3) is 0 Å². The molecule has 0 radical (unpaired) electrons. The summed E-state index contributed by atoms with van der Waals surface area (Å²) in [5, 5.41) is 9.49. The van der Waals surface area contributed by atoms with Crippen molar-refractivity contribution < 1.29 is 33.0 Å². The fraction of sp³-hybridized carbons (Fsp3) is 0.600. The van der Waals surface area contributed by atoms with Gasteiger partial charge in [0.2, 0.25) is 0 Å². The van der Waals surface area contributed by atoms with Crippen molar-refractivity contribution in [2.75, 3.05) is 47.1 Å². The van der Waals surface area contributed by atoms with Gasteiger partial charge < -0.3 is 23.6 Å². The smallest absolute Gasteiger partial charge is 0.333 e. The lowest BCUT2D eigenvalue weighted by Crippen LogP contribution is -2.37. The molecule has 23 heavy (non-hydrogen) atoms. The summed E-state index contributed by atoms with van der Waals surface area (Å²) in [5.41, 5.74) is 0.408. The Hall–Kier alpha value is -1.43. The van der Waals surface area contributed by atoms with E-state index in [4.69, 9.17) is 9.26 Å². The van der Waals surface area contributed by atoms with E-state index >= 15 is 0 Å². The highest BCUT2D eigenvalue weighted by Gasteiger charge is 2.09. The van der Waals surface area contributed by atoms with Crippen LogP contribution in [0.4, 0.5) is 0 Å². The van der Waals surface area contributed by atoms with Crippen molar-refractivity contribution in [1.29, 1.82) is 0 Å². The molecule has 0 aliphatic carbocycles. The van der Waals surface area contributed by atoms with Crippen LogP contribution in [0.3, 0.4) is 0 Å². The molecule has 0 spiro atoms. The number of carbonyl (C=O) groups excluding carboxylic acids is 2. The van der Waals surface area contributed by atoms with Crippen molar-refractivity contribution >= 4 is 20.0 Å². The Labute approximate surface area is 139 Å². The van der Waals surface area contributed by atoms with Crippen molar-refractivity contribution in [2.24, 2.45) is 0 Å². The monoisotopic (exact) mass is 349 g/mol. The Balaban J connectivity index is 0. The quantitative estimate of drug-likeness (QED) is 0.262. The average molecular weight is 349 g/mol. The van der Waals surface area contributed by atoms with Gasteiger partial charge in [-0.2, -0.15) is 0 Å². The van der Waals surface area contributed by atoms with Gasteiger partial charge >= 0.3 is 5.97 Å². The van der Waals surface area contributed by atoms with E-state index in [0.29, 0.717) is 12.2 Å². The normalized spacial score (nSPS) is 11.7. The molecule has 0 aliphatic rings. The number of esters is 1. The second kappa shape index (κ2) is 12.0. The second-order valence-corrected chi connectivity index (χ2v) is 7.50. The number of quaternary nitrogens is 1. The molecule has 7 nitrogen and oxygen atoms in total. The number of ether oxygens (including phenoxy) is 1. The van der Waals surface area contributed by atoms with Gasteiger partial charge in [-0.05, 0) is 19.4 Å². The van der Waals surface area contributed by atoms with Crippen molar-refractivity contribution in [3.63, 3.8) is 0 Å². The zero-order valence-corrected chi connectivity index (χ0v) is 15.6. The van der Waals surface area contributed by atoms with Crippen LogP contribution in [0.2, 0.25) is 0 Å². The van der Waals surface area contributed by atoms with Crippen LogP contribution in [0.1, 0.15) is 13.8 Å². The number of rotatable bonds is 9. The van der Waals surface area contributed by atoms with E-state index < -0.39 is 20.0 Å². The van der Waals surface area contributed by atoms with Crippen molar-refractivity contribution in [2.45, 2.75) is 13.8 Å². The Morgan fingerprint density at radius 3 is 1.91 bits per heavy atom. The molecule has 0 amide bonds. The Bertz CT molecular complexity index is 441. The summed E-state index contributed by atoms with van der Waals surface area (Å²) in [5.74, 6) is -1.64. The number of hydrogen-bond acceptors (Lipinski definition) is 6. The highest BCUT2D eigenvalue weighted by Crippen LogP contribution is 2.21. The van der Waals surface area contributed by atoms with Crippen LogP contribution in [0, 0.1) is 0 Å². The lowest BCUT2D eigenvalue weighted by molar-refractivity contribution is -0.870. The van der Waals surface area contributed by atoms with Gasteiger partial charge in [-0.15, -0.1) is 0 Å². The summed E-state index contributed by atoms with van der Waals surface area (Å²) < 4.78 is 22.2. The van der Waals surface area contributed by atoms with Crippen molar-refractivity contribution in [3.05, 3.63) is 24.3 Å². The SMILES string of the molecule is C=C(C)C(=O)OCC[PH](=O)OCC[N+](C)(C)C.C=C(C)C(=O)[O-]. The number of aliphatic carboxylic acids is 1. The van der Waals surface area contributed by atoms with Crippen LogP contribution in [0.15, 0.2) is 24.3 Å². The summed E-state index contributed by atoms with van der Waals surface area (Å²) in [6.07, 6.45) is 0.265. The van der Waals surface area contributed by atoms with E-state index in [1.54, 1.807) is 6.92 Å². The molecule has 0 saturated carbocycles. The minimum atomic E-state index is -2.10. The van der Waals surface area contributed by atoms with Crippen LogP contribution < -0.4 is 5.11 Å². The fourth-order valence-electron chi connectivity index (χ4n) is 0.856. The minimum absolute atomic E-state index is 0.0648. The Morgan fingerprint density at radius 2 is 1.57 bits per heavy atom. The maximum Gasteiger partial charge on any atom is 0.333 e. The van der Waals surface area contributed by atoms with Crippen LogP contribution in [-0.4, -0.2) is 63.5 Å². The minimum Gasteiger partial charge on any atom is -0.545 e. The number of nitrogens with zero attached hydrogens (tertiary/aromatic N) is 1. The first-order valence-corrected chi connectivity index (χ1v) is 8.54. The van der Waals surface area contributed by atoms with Gasteiger partial charge in [0.1, 0.15) is 19.8 Å². The standard InChI is InChI=1S/C11H23NO4P.C4H6O2/c1-10(2)11(13)15-8-9-17(14)16-7-6-12(3,4)5;1-3(2)4(5)6/h17H,1,6-9H2,2-5H3;1H2,2H3,(H,5,6)/q+1;/p-1. The number of hydrogen-bond donors (Lipinski definition) is 0. The van der Waals surface area contributed by atoms with Crippen molar-refractivity contribution in [1.82, 2.24) is 0 Å². The average Bonchev–Trinajstić information content (AvgIpc) is 2.37. The molecule has 1 atom stereocenters. The zero-order valence-electron chi connectivity index (χ0n) is 14.6. The van der Waals surface area contributed by atoms with E-state index in [1.165, 1.54) is 6.92 Å². The lowest BCUT2D eigenvalue weighted by Gasteiger charge is -2.23. The number of carbonyl (C=O) groups is 2. The van der Waals surface area contributed by atoms with Gasteiger partial charge in [-0.25, -0.2) is 4.79 Å². The van der Waals surface area contributed by atoms with Gasteiger partial charge in [-0.3, -0.25) is 4.57 Å². The first-order chi connectivity index (χ1) is 10.4. The molecule has 0 aliphatic heterocycles. The van der Waals surface area contributed by atoms with E-state index in [0.717, 1.165) is 11.0 Å². The summed E-state index contributed by atoms with van der Waals surface area (Å²) in [6.45, 7) is 10.9. The molecule has 0 N–H and O–H groups in total. The topological polar surface area (TPSA) is 92.7 Å². The largest absolute Gasteiger partial charge is 0.545 e. The van der Waals surface area contributed by atoms with Crippen LogP contribution in [0.25, 0.3) is 0 Å². The van der Waals surface area contributed by atoms with Crippen LogP contribution in [0.5, 0.6) is 0 Å². The summed E-state index contributed by atoms with van der Waals surface area (Å²) in [6, 6.07) is 0. The Kier molecular flexibility index (Phi) is 12.5. The molecule has 0 saturated heterocycles. The Morgan fingerprint density at radius 1 is 1.09 bits per heavy atom. The van der Waals surface area contributed by atoms with E-state index in [2.05, 4.69) is 13.2 Å². The van der Waals surface area contributed by atoms with Gasteiger partial charge in [0.05, 0.1) is 33.3 Å². The molecular formula is C15H28NO6P. The van der Waals surface area contributed by atoms with Crippen molar-refractivity contribution in [3.8, 4) is 0 Å². The number of carboxylic acids is 1. The first kappa shape index (κ1) is 23.8. The lowest BCUT2D eigenvalue weighted by atomic mass is 10.4. The molecule has 8 heteroatoms. The van der Waals surface area contributed by atoms with Gasteiger partial charge in [-0.1, -0.05) is 13.2 Å². The van der Waals surface area contributed by atoms with Crippen LogP contribution in [-0.2, 0) is 23.4 Å². The predicted molar refractivity (Wildman–Crippen MR) is 88.3 cm³/mol. The molecule has 0 heterocycles. The predicted octanol–water partition coefficient (Wildman–Crippen LogP) is 0.616. The molecule has 0 fully saturated rings. The fourth-order valence-corrected chi connectivity index (χ4v) is 1.59. The molecule has 0 bridgehead atoms. The van der Waals surface area contributed by atoms with Crippen LogP contribution >= 0.6 is 8.03 Å². The third kappa shape index (κ3) is 18.5. The van der Waals surface area contributed by atoms with E-state index in [1.807, 2.05) is 21.1 Å². The second-order valence-electron chi connectivity index (χ2n) is 5.97. The third-order valence-electron chi connectivity index (χ3n) is 2.26. The highest BCUT2D eigenvalue weighted by atomic mass is 31.1. The molecule has 1 unspecified atom stereocenters. The maximum absolute atomic E-state index is 11.4. The van der Waals surface area contributed by atoms with Gasteiger partial charge in [0.15, 0.2) is 8.03 Å². The van der Waals surface area contributed by atoms with E-state index in [-0.39, 0.29) is 18.3 Å². The zero-order chi connectivity index (χ0) is 18.6. The first-order valence-electron chi connectivity index (χ1n) is 7.02. The van der Waals surface area contributed by atoms with E-state index in [9.17, 15) is 19.3 Å². The molecule has 134 valence electrons. The number of likely N-dealkylation sites (N-methyl/N-ethyl adjacent to an activating group) is 1. The molecule has 0 rings (SSSR count). The summed E-state index contributed by atoms with van der Waals surface area (Å²) in [7, 11) is 4.01. The summed E-state index contributed by atoms with van der Waals surface area (Å²) >= 11 is 0. The molecule has 0 aromatic carbocycles. The highest BCUT2D eigenvalue weighted by molar-refractivity contribution is 7.39. The van der Waals surface area contributed by atoms with Gasteiger partial charge in [0, 0.05) is 5.57 Å². The molecule has 0 aromatic rings.